The maximum Gasteiger partial charge on any atom is 0.347 e. The van der Waals surface area contributed by atoms with Crippen LogP contribution in [0, 0.1) is 6.92 Å². The van der Waals surface area contributed by atoms with Gasteiger partial charge in [-0.1, -0.05) is 0 Å². The van der Waals surface area contributed by atoms with Crippen molar-refractivity contribution >= 4 is 5.82 Å². The summed E-state index contributed by atoms with van der Waals surface area (Å²) in [4.78, 5) is 26.0. The zero-order valence-electron chi connectivity index (χ0n) is 13.6. The van der Waals surface area contributed by atoms with E-state index in [0.29, 0.717) is 6.04 Å². The third kappa shape index (κ3) is 4.13. The predicted molar refractivity (Wildman–Crippen MR) is 88.2 cm³/mol. The van der Waals surface area contributed by atoms with Crippen LogP contribution < -0.4 is 11.0 Å². The zero-order chi connectivity index (χ0) is 16.2. The third-order valence-electron chi connectivity index (χ3n) is 4.15. The van der Waals surface area contributed by atoms with Crippen molar-refractivity contribution in [1.29, 1.82) is 0 Å². The molecule has 0 aromatic carbocycles. The van der Waals surface area contributed by atoms with Gasteiger partial charge in [-0.05, 0) is 19.8 Å². The number of nitrogens with zero attached hydrogens (tertiary/aromatic N) is 5. The highest BCUT2D eigenvalue weighted by atomic mass is 16.1. The Balaban J connectivity index is 1.52. The van der Waals surface area contributed by atoms with Crippen LogP contribution in [0.4, 0.5) is 5.82 Å². The SMILES string of the molecule is Cc1cc(NC2CCN(Cc3cnc(=O)n(C)c3)CC2)ncn1. The molecule has 0 atom stereocenters. The highest BCUT2D eigenvalue weighted by Gasteiger charge is 2.19. The molecular weight excluding hydrogens is 292 g/mol. The molecule has 0 aliphatic carbocycles. The fraction of sp³-hybridized carbons (Fsp3) is 0.500. The van der Waals surface area contributed by atoms with E-state index < -0.39 is 0 Å². The normalized spacial score (nSPS) is 16.4. The molecule has 0 bridgehead atoms. The topological polar surface area (TPSA) is 75.9 Å². The van der Waals surface area contributed by atoms with Gasteiger partial charge in [0.1, 0.15) is 12.1 Å². The number of nitrogens with one attached hydrogen (secondary N) is 1. The number of rotatable bonds is 4. The summed E-state index contributed by atoms with van der Waals surface area (Å²) in [6.45, 7) is 4.84. The Kier molecular flexibility index (Phi) is 4.66. The van der Waals surface area contributed by atoms with Crippen LogP contribution in [0.5, 0.6) is 0 Å². The number of hydrogen-bond donors (Lipinski definition) is 1. The lowest BCUT2D eigenvalue weighted by molar-refractivity contribution is 0.210. The third-order valence-corrected chi connectivity index (χ3v) is 4.15. The number of aromatic nitrogens is 4. The summed E-state index contributed by atoms with van der Waals surface area (Å²) in [6.07, 6.45) is 7.28. The average Bonchev–Trinajstić information content (AvgIpc) is 2.53. The minimum atomic E-state index is -0.211. The molecule has 1 saturated heterocycles. The predicted octanol–water partition coefficient (Wildman–Crippen LogP) is 0.955. The molecule has 7 heteroatoms. The van der Waals surface area contributed by atoms with Gasteiger partial charge >= 0.3 is 5.69 Å². The van der Waals surface area contributed by atoms with Gasteiger partial charge in [-0.3, -0.25) is 4.90 Å². The highest BCUT2D eigenvalue weighted by molar-refractivity contribution is 5.35. The molecule has 0 saturated carbocycles. The highest BCUT2D eigenvalue weighted by Crippen LogP contribution is 2.16. The summed E-state index contributed by atoms with van der Waals surface area (Å²) in [6, 6.07) is 2.42. The number of anilines is 1. The molecule has 3 rings (SSSR count). The first-order valence-corrected chi connectivity index (χ1v) is 7.89. The maximum absolute atomic E-state index is 11.3. The first-order chi connectivity index (χ1) is 11.1. The van der Waals surface area contributed by atoms with E-state index in [9.17, 15) is 4.79 Å². The van der Waals surface area contributed by atoms with Crippen molar-refractivity contribution in [2.24, 2.45) is 7.05 Å². The van der Waals surface area contributed by atoms with Crippen molar-refractivity contribution in [3.8, 4) is 0 Å². The Hall–Kier alpha value is -2.28. The van der Waals surface area contributed by atoms with E-state index in [1.807, 2.05) is 19.2 Å². The van der Waals surface area contributed by atoms with Gasteiger partial charge in [0.05, 0.1) is 0 Å². The molecule has 23 heavy (non-hydrogen) atoms. The monoisotopic (exact) mass is 314 g/mol. The lowest BCUT2D eigenvalue weighted by Crippen LogP contribution is -2.39. The van der Waals surface area contributed by atoms with Gasteiger partial charge in [0.25, 0.3) is 0 Å². The Labute approximate surface area is 135 Å². The molecule has 0 spiro atoms. The van der Waals surface area contributed by atoms with E-state index >= 15 is 0 Å². The Morgan fingerprint density at radius 3 is 2.74 bits per heavy atom. The van der Waals surface area contributed by atoms with Crippen molar-refractivity contribution in [1.82, 2.24) is 24.4 Å². The molecule has 2 aromatic heterocycles. The van der Waals surface area contributed by atoms with E-state index in [4.69, 9.17) is 0 Å². The number of hydrogen-bond acceptors (Lipinski definition) is 6. The zero-order valence-corrected chi connectivity index (χ0v) is 13.6. The minimum absolute atomic E-state index is 0.211. The van der Waals surface area contributed by atoms with Gasteiger partial charge < -0.3 is 9.88 Å². The van der Waals surface area contributed by atoms with E-state index in [0.717, 1.165) is 49.6 Å². The molecule has 7 nitrogen and oxygen atoms in total. The summed E-state index contributed by atoms with van der Waals surface area (Å²) in [7, 11) is 1.73. The van der Waals surface area contributed by atoms with E-state index in [1.165, 1.54) is 4.57 Å². The van der Waals surface area contributed by atoms with Crippen LogP contribution in [0.2, 0.25) is 0 Å². The van der Waals surface area contributed by atoms with Gasteiger partial charge in [0.15, 0.2) is 0 Å². The molecule has 122 valence electrons. The van der Waals surface area contributed by atoms with Crippen LogP contribution >= 0.6 is 0 Å². The Bertz CT molecular complexity index is 721. The van der Waals surface area contributed by atoms with E-state index in [1.54, 1.807) is 19.6 Å². The smallest absolute Gasteiger partial charge is 0.347 e. The molecule has 1 fully saturated rings. The molecule has 2 aromatic rings. The lowest BCUT2D eigenvalue weighted by atomic mass is 10.0. The Morgan fingerprint density at radius 2 is 2.04 bits per heavy atom. The minimum Gasteiger partial charge on any atom is -0.367 e. The average molecular weight is 314 g/mol. The van der Waals surface area contributed by atoms with Crippen LogP contribution in [-0.2, 0) is 13.6 Å². The molecule has 1 aliphatic heterocycles. The largest absolute Gasteiger partial charge is 0.367 e. The van der Waals surface area contributed by atoms with Crippen molar-refractivity contribution in [2.75, 3.05) is 18.4 Å². The molecule has 1 N–H and O–H groups in total. The van der Waals surface area contributed by atoms with Crippen LogP contribution in [0.25, 0.3) is 0 Å². The number of likely N-dealkylation sites (tertiary alicyclic amines) is 1. The molecule has 1 aliphatic rings. The number of piperidine rings is 1. The van der Waals surface area contributed by atoms with Crippen LogP contribution in [-0.4, -0.2) is 43.6 Å². The van der Waals surface area contributed by atoms with Gasteiger partial charge in [-0.2, -0.15) is 0 Å². The molecule has 0 unspecified atom stereocenters. The van der Waals surface area contributed by atoms with Crippen molar-refractivity contribution < 1.29 is 0 Å². The standard InChI is InChI=1S/C16H22N6O/c1-12-7-15(19-11-18-12)20-14-3-5-22(6-4-14)10-13-8-17-16(23)21(2)9-13/h7-9,11,14H,3-6,10H2,1-2H3,(H,18,19,20). The van der Waals surface area contributed by atoms with Crippen LogP contribution in [0.15, 0.2) is 29.6 Å². The molecule has 0 amide bonds. The van der Waals surface area contributed by atoms with Crippen molar-refractivity contribution in [3.05, 3.63) is 46.5 Å². The van der Waals surface area contributed by atoms with E-state index in [2.05, 4.69) is 25.2 Å². The van der Waals surface area contributed by atoms with E-state index in [-0.39, 0.29) is 5.69 Å². The Morgan fingerprint density at radius 1 is 1.26 bits per heavy atom. The summed E-state index contributed by atoms with van der Waals surface area (Å²) in [5, 5.41) is 3.49. The quantitative estimate of drug-likeness (QED) is 0.906. The van der Waals surface area contributed by atoms with Gasteiger partial charge in [-0.15, -0.1) is 0 Å². The fourth-order valence-corrected chi connectivity index (χ4v) is 2.88. The second-order valence-corrected chi connectivity index (χ2v) is 6.10. The summed E-state index contributed by atoms with van der Waals surface area (Å²) >= 11 is 0. The fourth-order valence-electron chi connectivity index (χ4n) is 2.88. The second kappa shape index (κ2) is 6.87. The number of aryl methyl sites for hydroxylation is 2. The summed E-state index contributed by atoms with van der Waals surface area (Å²) in [5.74, 6) is 0.901. The van der Waals surface area contributed by atoms with Crippen LogP contribution in [0.3, 0.4) is 0 Å². The first kappa shape index (κ1) is 15.6. The summed E-state index contributed by atoms with van der Waals surface area (Å²) in [5.41, 5.74) is 1.84. The van der Waals surface area contributed by atoms with Crippen molar-refractivity contribution in [3.63, 3.8) is 0 Å². The maximum atomic E-state index is 11.3. The van der Waals surface area contributed by atoms with Gasteiger partial charge in [-0.25, -0.2) is 19.7 Å². The molecule has 3 heterocycles. The summed E-state index contributed by atoms with van der Waals surface area (Å²) < 4.78 is 1.53. The van der Waals surface area contributed by atoms with Crippen molar-refractivity contribution in [2.45, 2.75) is 32.4 Å². The van der Waals surface area contributed by atoms with Gasteiger partial charge in [0.2, 0.25) is 0 Å². The van der Waals surface area contributed by atoms with Gasteiger partial charge in [0, 0.05) is 62.4 Å². The second-order valence-electron chi connectivity index (χ2n) is 6.10. The molecular formula is C16H22N6O. The molecule has 0 radical (unpaired) electrons. The first-order valence-electron chi connectivity index (χ1n) is 7.89. The van der Waals surface area contributed by atoms with Crippen LogP contribution in [0.1, 0.15) is 24.1 Å². The lowest BCUT2D eigenvalue weighted by Gasteiger charge is -2.32.